The Kier molecular flexibility index (Phi) is 5.21. The molecule has 2 aliphatic heterocycles. The Morgan fingerprint density at radius 3 is 2.32 bits per heavy atom. The lowest BCUT2D eigenvalue weighted by molar-refractivity contribution is 0.270. The Hall–Kier alpha value is -2.24. The molecule has 2 aliphatic rings. The SMILES string of the molecule is CC(C)c1cc(CN2Cc3ccc(N4CCN(C)CC4)cc3C2)c(O)cc1O. The summed E-state index contributed by atoms with van der Waals surface area (Å²) >= 11 is 0. The van der Waals surface area contributed by atoms with Crippen LogP contribution in [0.15, 0.2) is 30.3 Å². The van der Waals surface area contributed by atoms with E-state index in [0.29, 0.717) is 6.54 Å². The molecule has 5 nitrogen and oxygen atoms in total. The van der Waals surface area contributed by atoms with E-state index in [9.17, 15) is 10.2 Å². The van der Waals surface area contributed by atoms with Crippen molar-refractivity contribution in [3.8, 4) is 11.5 Å². The standard InChI is InChI=1S/C23H31N3O2/c1-16(2)21-11-19(22(27)12-23(21)28)15-25-13-17-4-5-20(10-18(17)14-25)26-8-6-24(3)7-9-26/h4-5,10-12,16,27-28H,6-9,13-15H2,1-3H3. The van der Waals surface area contributed by atoms with E-state index >= 15 is 0 Å². The van der Waals surface area contributed by atoms with Crippen LogP contribution in [0.5, 0.6) is 11.5 Å². The number of phenols is 2. The van der Waals surface area contributed by atoms with Gasteiger partial charge in [-0.15, -0.1) is 0 Å². The Bertz CT molecular complexity index is 857. The quantitative estimate of drug-likeness (QED) is 0.849. The summed E-state index contributed by atoms with van der Waals surface area (Å²) in [7, 11) is 2.18. The summed E-state index contributed by atoms with van der Waals surface area (Å²) in [5, 5.41) is 20.4. The molecule has 2 heterocycles. The molecule has 1 saturated heterocycles. The van der Waals surface area contributed by atoms with E-state index in [0.717, 1.165) is 50.4 Å². The molecule has 0 bridgehead atoms. The number of likely N-dealkylation sites (N-methyl/N-ethyl adjacent to an activating group) is 1. The zero-order chi connectivity index (χ0) is 19.8. The average Bonchev–Trinajstić information content (AvgIpc) is 3.05. The zero-order valence-corrected chi connectivity index (χ0v) is 17.1. The molecule has 0 radical (unpaired) electrons. The third-order valence-corrected chi connectivity index (χ3v) is 6.09. The number of aromatic hydroxyl groups is 2. The highest BCUT2D eigenvalue weighted by molar-refractivity contribution is 5.53. The second kappa shape index (κ2) is 7.64. The molecule has 4 rings (SSSR count). The molecule has 0 aliphatic carbocycles. The fourth-order valence-electron chi connectivity index (χ4n) is 4.30. The van der Waals surface area contributed by atoms with E-state index in [1.807, 2.05) is 6.07 Å². The van der Waals surface area contributed by atoms with Crippen molar-refractivity contribution in [2.45, 2.75) is 39.4 Å². The lowest BCUT2D eigenvalue weighted by atomic mass is 9.98. The number of anilines is 1. The molecule has 0 saturated carbocycles. The van der Waals surface area contributed by atoms with E-state index in [4.69, 9.17) is 0 Å². The fraction of sp³-hybridized carbons (Fsp3) is 0.478. The van der Waals surface area contributed by atoms with Crippen molar-refractivity contribution in [1.82, 2.24) is 9.80 Å². The molecule has 150 valence electrons. The Labute approximate surface area is 167 Å². The van der Waals surface area contributed by atoms with Gasteiger partial charge in [-0.05, 0) is 47.9 Å². The van der Waals surface area contributed by atoms with Crippen LogP contribution >= 0.6 is 0 Å². The highest BCUT2D eigenvalue weighted by Crippen LogP contribution is 2.35. The Morgan fingerprint density at radius 1 is 0.893 bits per heavy atom. The first-order chi connectivity index (χ1) is 13.4. The molecule has 28 heavy (non-hydrogen) atoms. The first-order valence-corrected chi connectivity index (χ1v) is 10.2. The lowest BCUT2D eigenvalue weighted by Crippen LogP contribution is -2.44. The number of phenolic OH excluding ortho intramolecular Hbond substituents is 2. The molecular formula is C23H31N3O2. The minimum atomic E-state index is 0.177. The van der Waals surface area contributed by atoms with Crippen molar-refractivity contribution in [2.75, 3.05) is 38.1 Å². The van der Waals surface area contributed by atoms with Crippen molar-refractivity contribution in [1.29, 1.82) is 0 Å². The van der Waals surface area contributed by atoms with Crippen LogP contribution in [0, 0.1) is 0 Å². The van der Waals surface area contributed by atoms with Crippen molar-refractivity contribution in [3.05, 3.63) is 52.6 Å². The van der Waals surface area contributed by atoms with Crippen molar-refractivity contribution < 1.29 is 10.2 Å². The molecule has 0 aromatic heterocycles. The molecule has 2 N–H and O–H groups in total. The van der Waals surface area contributed by atoms with E-state index in [1.165, 1.54) is 22.9 Å². The van der Waals surface area contributed by atoms with Gasteiger partial charge in [0.1, 0.15) is 11.5 Å². The number of hydrogen-bond donors (Lipinski definition) is 2. The van der Waals surface area contributed by atoms with Crippen LogP contribution in [0.2, 0.25) is 0 Å². The maximum Gasteiger partial charge on any atom is 0.123 e. The maximum atomic E-state index is 10.3. The van der Waals surface area contributed by atoms with E-state index in [2.05, 4.69) is 53.8 Å². The van der Waals surface area contributed by atoms with E-state index < -0.39 is 0 Å². The van der Waals surface area contributed by atoms with Gasteiger partial charge in [0, 0.05) is 63.1 Å². The number of hydrogen-bond acceptors (Lipinski definition) is 5. The number of rotatable bonds is 4. The average molecular weight is 382 g/mol. The van der Waals surface area contributed by atoms with Crippen molar-refractivity contribution in [2.24, 2.45) is 0 Å². The van der Waals surface area contributed by atoms with Crippen molar-refractivity contribution in [3.63, 3.8) is 0 Å². The molecule has 2 aromatic carbocycles. The predicted octanol–water partition coefficient (Wildman–Crippen LogP) is 3.49. The topological polar surface area (TPSA) is 50.2 Å². The molecular weight excluding hydrogens is 350 g/mol. The summed E-state index contributed by atoms with van der Waals surface area (Å²) in [6.07, 6.45) is 0. The second-order valence-electron chi connectivity index (χ2n) is 8.58. The lowest BCUT2D eigenvalue weighted by Gasteiger charge is -2.34. The van der Waals surface area contributed by atoms with Crippen LogP contribution in [0.3, 0.4) is 0 Å². The monoisotopic (exact) mass is 381 g/mol. The van der Waals surface area contributed by atoms with Gasteiger partial charge in [-0.2, -0.15) is 0 Å². The molecule has 5 heteroatoms. The largest absolute Gasteiger partial charge is 0.508 e. The smallest absolute Gasteiger partial charge is 0.123 e. The van der Waals surface area contributed by atoms with E-state index in [1.54, 1.807) is 0 Å². The number of piperazine rings is 1. The van der Waals surface area contributed by atoms with Crippen LogP contribution in [0.1, 0.15) is 42.0 Å². The predicted molar refractivity (Wildman–Crippen MR) is 113 cm³/mol. The molecule has 1 fully saturated rings. The number of nitrogens with zero attached hydrogens (tertiary/aromatic N) is 3. The molecule has 0 amide bonds. The number of fused-ring (bicyclic) bond motifs is 1. The van der Waals surface area contributed by atoms with Crippen LogP contribution < -0.4 is 4.90 Å². The van der Waals surface area contributed by atoms with Gasteiger partial charge in [0.15, 0.2) is 0 Å². The summed E-state index contributed by atoms with van der Waals surface area (Å²) in [6.45, 7) is 11.0. The summed E-state index contributed by atoms with van der Waals surface area (Å²) in [5.74, 6) is 0.579. The van der Waals surface area contributed by atoms with Gasteiger partial charge in [0.05, 0.1) is 0 Å². The number of benzene rings is 2. The highest BCUT2D eigenvalue weighted by Gasteiger charge is 2.23. The van der Waals surface area contributed by atoms with E-state index in [-0.39, 0.29) is 17.4 Å². The molecule has 0 atom stereocenters. The van der Waals surface area contributed by atoms with Crippen LogP contribution in [0.4, 0.5) is 5.69 Å². The van der Waals surface area contributed by atoms with Gasteiger partial charge in [-0.25, -0.2) is 0 Å². The van der Waals surface area contributed by atoms with Crippen LogP contribution in [0.25, 0.3) is 0 Å². The Balaban J connectivity index is 1.48. The summed E-state index contributed by atoms with van der Waals surface area (Å²) in [4.78, 5) is 7.21. The van der Waals surface area contributed by atoms with Gasteiger partial charge in [-0.3, -0.25) is 4.90 Å². The highest BCUT2D eigenvalue weighted by atomic mass is 16.3. The second-order valence-corrected chi connectivity index (χ2v) is 8.58. The Morgan fingerprint density at radius 2 is 1.61 bits per heavy atom. The van der Waals surface area contributed by atoms with Crippen LogP contribution in [-0.4, -0.2) is 53.2 Å². The first kappa shape index (κ1) is 19.1. The van der Waals surface area contributed by atoms with Crippen molar-refractivity contribution >= 4 is 5.69 Å². The van der Waals surface area contributed by atoms with Gasteiger partial charge in [0.2, 0.25) is 0 Å². The molecule has 0 spiro atoms. The minimum Gasteiger partial charge on any atom is -0.508 e. The summed E-state index contributed by atoms with van der Waals surface area (Å²) in [6, 6.07) is 10.3. The normalized spacial score (nSPS) is 18.1. The van der Waals surface area contributed by atoms with Gasteiger partial charge in [-0.1, -0.05) is 19.9 Å². The van der Waals surface area contributed by atoms with Gasteiger partial charge < -0.3 is 20.0 Å². The zero-order valence-electron chi connectivity index (χ0n) is 17.1. The maximum absolute atomic E-state index is 10.3. The summed E-state index contributed by atoms with van der Waals surface area (Å²) in [5.41, 5.74) is 5.86. The molecule has 0 unspecified atom stereocenters. The summed E-state index contributed by atoms with van der Waals surface area (Å²) < 4.78 is 0. The first-order valence-electron chi connectivity index (χ1n) is 10.2. The minimum absolute atomic E-state index is 0.177. The third-order valence-electron chi connectivity index (χ3n) is 6.09. The van der Waals surface area contributed by atoms with Gasteiger partial charge >= 0.3 is 0 Å². The molecule has 2 aromatic rings. The van der Waals surface area contributed by atoms with Crippen LogP contribution in [-0.2, 0) is 19.6 Å². The third kappa shape index (κ3) is 3.82. The van der Waals surface area contributed by atoms with Gasteiger partial charge in [0.25, 0.3) is 0 Å². The fourth-order valence-corrected chi connectivity index (χ4v) is 4.30.